The summed E-state index contributed by atoms with van der Waals surface area (Å²) in [7, 11) is 5.77. The number of nitrogens with zero attached hydrogens (tertiary/aromatic N) is 1. The Hall–Kier alpha value is 0.130. The minimum absolute atomic E-state index is 0.156. The lowest BCUT2D eigenvalue weighted by atomic mass is 10.9. The summed E-state index contributed by atoms with van der Waals surface area (Å²) >= 11 is 0. The van der Waals surface area contributed by atoms with Gasteiger partial charge in [0.25, 0.3) is 0 Å². The zero-order valence-corrected chi connectivity index (χ0v) is 7.00. The van der Waals surface area contributed by atoms with Crippen LogP contribution in [0.5, 0.6) is 0 Å². The summed E-state index contributed by atoms with van der Waals surface area (Å²) in [5.74, 6) is 0. The van der Waals surface area contributed by atoms with Gasteiger partial charge in [-0.2, -0.15) is 0 Å². The third kappa shape index (κ3) is 3.17. The zero-order valence-electron chi connectivity index (χ0n) is 4.84. The summed E-state index contributed by atoms with van der Waals surface area (Å²) in [5.41, 5.74) is 0. The van der Waals surface area contributed by atoms with Crippen LogP contribution < -0.4 is 0 Å². The van der Waals surface area contributed by atoms with Gasteiger partial charge in [0.05, 0.1) is 8.50 Å². The molecule has 0 aliphatic rings. The van der Waals surface area contributed by atoms with E-state index in [-0.39, 0.29) is 14.6 Å². The van der Waals surface area contributed by atoms with Gasteiger partial charge in [-0.3, -0.25) is 0 Å². The van der Waals surface area contributed by atoms with Crippen LogP contribution in [-0.4, -0.2) is 25.1 Å². The van der Waals surface area contributed by atoms with E-state index in [0.717, 1.165) is 0 Å². The van der Waals surface area contributed by atoms with E-state index in [9.17, 15) is 4.79 Å². The normalized spacial score (nSPS) is 9.88. The minimum atomic E-state index is -0.293. The fraction of sp³-hybridized carbons (Fsp3) is 0.667. The van der Waals surface area contributed by atoms with E-state index in [1.807, 2.05) is 0 Å². The first kappa shape index (κ1) is 8.13. The first-order valence-corrected chi connectivity index (χ1v) is 4.74. The molecule has 2 unspecified atom stereocenters. The smallest absolute Gasteiger partial charge is 0.411 e. The summed E-state index contributed by atoms with van der Waals surface area (Å²) in [4.78, 5) is 11.8. The van der Waals surface area contributed by atoms with Crippen molar-refractivity contribution in [2.45, 2.75) is 0 Å². The van der Waals surface area contributed by atoms with E-state index < -0.39 is 0 Å². The Morgan fingerprint density at radius 3 is 2.38 bits per heavy atom. The van der Waals surface area contributed by atoms with E-state index in [4.69, 9.17) is 0 Å². The van der Waals surface area contributed by atoms with Gasteiger partial charge >= 0.3 is 6.09 Å². The summed E-state index contributed by atoms with van der Waals surface area (Å²) in [6.07, 6.45) is -0.293. The zero-order chi connectivity index (χ0) is 6.57. The highest BCUT2D eigenvalue weighted by atomic mass is 32.0. The van der Waals surface area contributed by atoms with Crippen molar-refractivity contribution in [3.05, 3.63) is 0 Å². The van der Waals surface area contributed by atoms with Crippen LogP contribution in [0.1, 0.15) is 0 Å². The van der Waals surface area contributed by atoms with Crippen LogP contribution in [-0.2, 0) is 4.52 Å². The molecule has 3 nitrogen and oxygen atoms in total. The first-order chi connectivity index (χ1) is 3.68. The quantitative estimate of drug-likeness (QED) is 0.527. The Balaban J connectivity index is 3.33. The van der Waals surface area contributed by atoms with Crippen molar-refractivity contribution in [2.24, 2.45) is 0 Å². The number of hydrogen-bond acceptors (Lipinski definition) is 2. The summed E-state index contributed by atoms with van der Waals surface area (Å²) in [6.45, 7) is 0. The van der Waals surface area contributed by atoms with Crippen molar-refractivity contribution in [1.29, 1.82) is 0 Å². The van der Waals surface area contributed by atoms with E-state index >= 15 is 0 Å². The second-order valence-corrected chi connectivity index (χ2v) is 2.53. The van der Waals surface area contributed by atoms with Gasteiger partial charge in [-0.15, -0.1) is 0 Å². The Labute approximate surface area is 52.7 Å². The topological polar surface area (TPSA) is 29.5 Å². The third-order valence-corrected chi connectivity index (χ3v) is 1.16. The molecule has 0 saturated carbocycles. The lowest BCUT2D eigenvalue weighted by molar-refractivity contribution is 0.179. The molecule has 0 radical (unpaired) electrons. The molecule has 0 spiro atoms. The minimum Gasteiger partial charge on any atom is -0.428 e. The standard InChI is InChI=1S/C3H9NO2P2/c1-4(2)3(5)6-8-7/h8H,7H2,1-2H3. The first-order valence-electron chi connectivity index (χ1n) is 2.02. The SMILES string of the molecule is CN(C)C(=O)OPP. The van der Waals surface area contributed by atoms with Crippen LogP contribution in [0.4, 0.5) is 4.79 Å². The summed E-state index contributed by atoms with van der Waals surface area (Å²) in [5, 5.41) is 0. The lowest BCUT2D eigenvalue weighted by Gasteiger charge is -2.07. The van der Waals surface area contributed by atoms with E-state index in [1.165, 1.54) is 4.90 Å². The van der Waals surface area contributed by atoms with Crippen molar-refractivity contribution in [3.63, 3.8) is 0 Å². The number of hydrogen-bond donors (Lipinski definition) is 0. The van der Waals surface area contributed by atoms with E-state index in [1.54, 1.807) is 14.1 Å². The second-order valence-electron chi connectivity index (χ2n) is 1.38. The van der Waals surface area contributed by atoms with Crippen LogP contribution in [0.15, 0.2) is 0 Å². The van der Waals surface area contributed by atoms with Gasteiger partial charge in [0.15, 0.2) is 0 Å². The molecule has 0 aliphatic carbocycles. The molecule has 5 heteroatoms. The van der Waals surface area contributed by atoms with Gasteiger partial charge in [-0.05, 0) is 0 Å². The average Bonchev–Trinajstić information content (AvgIpc) is 1.67. The van der Waals surface area contributed by atoms with Crippen molar-refractivity contribution >= 4 is 23.5 Å². The molecule has 0 fully saturated rings. The largest absolute Gasteiger partial charge is 0.428 e. The van der Waals surface area contributed by atoms with E-state index in [2.05, 4.69) is 13.5 Å². The molecule has 0 N–H and O–H groups in total. The highest BCUT2D eigenvalue weighted by Crippen LogP contribution is 2.21. The predicted octanol–water partition coefficient (Wildman–Crippen LogP) is 1.07. The Morgan fingerprint density at radius 2 is 2.25 bits per heavy atom. The molecular formula is C3H9NO2P2. The Kier molecular flexibility index (Phi) is 4.12. The van der Waals surface area contributed by atoms with Gasteiger partial charge in [0.2, 0.25) is 0 Å². The molecule has 0 aliphatic heterocycles. The molecule has 0 bridgehead atoms. The average molecular weight is 153 g/mol. The van der Waals surface area contributed by atoms with Gasteiger partial charge < -0.3 is 9.42 Å². The van der Waals surface area contributed by atoms with Crippen molar-refractivity contribution in [3.8, 4) is 0 Å². The highest BCUT2D eigenvalue weighted by Gasteiger charge is 2.00. The maximum absolute atomic E-state index is 10.4. The van der Waals surface area contributed by atoms with Gasteiger partial charge in [-0.1, -0.05) is 8.93 Å². The van der Waals surface area contributed by atoms with E-state index in [0.29, 0.717) is 0 Å². The number of carbonyl (C=O) groups is 1. The number of amides is 1. The molecule has 0 aromatic heterocycles. The number of rotatable bonds is 1. The van der Waals surface area contributed by atoms with Gasteiger partial charge in [-0.25, -0.2) is 4.79 Å². The van der Waals surface area contributed by atoms with Crippen LogP contribution in [0.2, 0.25) is 0 Å². The fourth-order valence-corrected chi connectivity index (χ4v) is 0.728. The Bertz CT molecular complexity index is 85.4. The monoisotopic (exact) mass is 153 g/mol. The van der Waals surface area contributed by atoms with Gasteiger partial charge in [0, 0.05) is 14.1 Å². The molecule has 0 aromatic carbocycles. The van der Waals surface area contributed by atoms with Crippen molar-refractivity contribution < 1.29 is 9.32 Å². The highest BCUT2D eigenvalue weighted by molar-refractivity contribution is 8.00. The molecule has 0 heterocycles. The van der Waals surface area contributed by atoms with Crippen LogP contribution in [0.3, 0.4) is 0 Å². The molecule has 1 amide bonds. The maximum Gasteiger partial charge on any atom is 0.411 e. The molecule has 2 atom stereocenters. The van der Waals surface area contributed by atoms with Crippen LogP contribution in [0, 0.1) is 0 Å². The third-order valence-electron chi connectivity index (χ3n) is 0.511. The molecule has 0 aromatic rings. The second kappa shape index (κ2) is 4.05. The lowest BCUT2D eigenvalue weighted by Crippen LogP contribution is -2.19. The van der Waals surface area contributed by atoms with Gasteiger partial charge in [0.1, 0.15) is 0 Å². The van der Waals surface area contributed by atoms with Crippen LogP contribution >= 0.6 is 17.4 Å². The maximum atomic E-state index is 10.4. The summed E-state index contributed by atoms with van der Waals surface area (Å²) in [6, 6.07) is 0. The molecule has 8 heavy (non-hydrogen) atoms. The Morgan fingerprint density at radius 1 is 1.75 bits per heavy atom. The predicted molar refractivity (Wildman–Crippen MR) is 38.2 cm³/mol. The molecule has 48 valence electrons. The molecule has 0 rings (SSSR count). The van der Waals surface area contributed by atoms with Crippen molar-refractivity contribution in [2.75, 3.05) is 14.1 Å². The number of carbonyl (C=O) groups excluding carboxylic acids is 1. The van der Waals surface area contributed by atoms with Crippen LogP contribution in [0.25, 0.3) is 0 Å². The van der Waals surface area contributed by atoms with Crippen molar-refractivity contribution in [1.82, 2.24) is 4.90 Å². The summed E-state index contributed by atoms with van der Waals surface area (Å²) < 4.78 is 4.58. The fourth-order valence-electron chi connectivity index (χ4n) is 0.142. The molecular weight excluding hydrogens is 144 g/mol. The molecule has 0 saturated heterocycles.